The molecule has 1 N–H and O–H groups in total. The van der Waals surface area contributed by atoms with Gasteiger partial charge in [-0.25, -0.2) is 8.42 Å². The van der Waals surface area contributed by atoms with E-state index in [1.54, 1.807) is 66.7 Å². The van der Waals surface area contributed by atoms with Crippen LogP contribution in [0.2, 0.25) is 5.02 Å². The number of sulfonamides is 1. The van der Waals surface area contributed by atoms with Crippen molar-refractivity contribution in [3.05, 3.63) is 130 Å². The van der Waals surface area contributed by atoms with E-state index in [9.17, 15) is 18.0 Å². The van der Waals surface area contributed by atoms with Gasteiger partial charge in [-0.2, -0.15) is 0 Å². The molecular formula is C31H29BrClN3O4S. The maximum atomic E-state index is 14.2. The lowest BCUT2D eigenvalue weighted by molar-refractivity contribution is -0.139. The minimum absolute atomic E-state index is 0.0482. The van der Waals surface area contributed by atoms with Gasteiger partial charge in [0.2, 0.25) is 11.8 Å². The Morgan fingerprint density at radius 3 is 2.00 bits per heavy atom. The summed E-state index contributed by atoms with van der Waals surface area (Å²) < 4.78 is 29.6. The second kappa shape index (κ2) is 13.8. The van der Waals surface area contributed by atoms with E-state index in [2.05, 4.69) is 21.2 Å². The second-order valence-electron chi connectivity index (χ2n) is 9.27. The van der Waals surface area contributed by atoms with Gasteiger partial charge < -0.3 is 10.2 Å². The second-order valence-corrected chi connectivity index (χ2v) is 12.5. The van der Waals surface area contributed by atoms with Crippen LogP contribution in [0.15, 0.2) is 119 Å². The molecule has 0 aliphatic heterocycles. The number of carbonyl (C=O) groups excluding carboxylic acids is 2. The molecular weight excluding hydrogens is 626 g/mol. The average Bonchev–Trinajstić information content (AvgIpc) is 2.99. The number of anilines is 1. The Labute approximate surface area is 253 Å². The third-order valence-electron chi connectivity index (χ3n) is 6.51. The molecule has 0 heterocycles. The highest BCUT2D eigenvalue weighted by molar-refractivity contribution is 9.10. The highest BCUT2D eigenvalue weighted by Crippen LogP contribution is 2.26. The van der Waals surface area contributed by atoms with Crippen molar-refractivity contribution in [1.29, 1.82) is 0 Å². The van der Waals surface area contributed by atoms with Gasteiger partial charge in [0.25, 0.3) is 10.0 Å². The first-order valence-electron chi connectivity index (χ1n) is 12.8. The summed E-state index contributed by atoms with van der Waals surface area (Å²) in [6.45, 7) is -0.449. The molecule has 4 aromatic rings. The number of rotatable bonds is 11. The molecule has 41 heavy (non-hydrogen) atoms. The molecule has 0 fully saturated rings. The molecule has 4 rings (SSSR count). The van der Waals surface area contributed by atoms with E-state index in [0.29, 0.717) is 10.7 Å². The minimum atomic E-state index is -4.13. The van der Waals surface area contributed by atoms with Crippen molar-refractivity contribution < 1.29 is 18.0 Å². The quantitative estimate of drug-likeness (QED) is 0.225. The molecule has 0 aliphatic rings. The molecule has 7 nitrogen and oxygen atoms in total. The molecule has 0 aliphatic carbocycles. The van der Waals surface area contributed by atoms with E-state index in [1.807, 2.05) is 30.3 Å². The number of hydrogen-bond acceptors (Lipinski definition) is 4. The Morgan fingerprint density at radius 2 is 1.41 bits per heavy atom. The first kappa shape index (κ1) is 30.3. The Morgan fingerprint density at radius 1 is 0.829 bits per heavy atom. The fourth-order valence-electron chi connectivity index (χ4n) is 4.36. The van der Waals surface area contributed by atoms with Gasteiger partial charge in [-0.1, -0.05) is 88.2 Å². The third kappa shape index (κ3) is 7.75. The molecule has 10 heteroatoms. The molecule has 0 unspecified atom stereocenters. The van der Waals surface area contributed by atoms with Crippen LogP contribution in [0.4, 0.5) is 5.69 Å². The van der Waals surface area contributed by atoms with Gasteiger partial charge in [-0.05, 0) is 59.7 Å². The number of halogens is 2. The number of nitrogens with one attached hydrogen (secondary N) is 1. The van der Waals surface area contributed by atoms with Gasteiger partial charge in [-0.3, -0.25) is 13.9 Å². The third-order valence-corrected chi connectivity index (χ3v) is 9.08. The van der Waals surface area contributed by atoms with Crippen molar-refractivity contribution >= 4 is 55.1 Å². The number of amides is 2. The summed E-state index contributed by atoms with van der Waals surface area (Å²) in [5, 5.41) is 3.21. The Hall–Kier alpha value is -3.66. The molecule has 212 valence electrons. The van der Waals surface area contributed by atoms with Crippen molar-refractivity contribution in [1.82, 2.24) is 10.2 Å². The van der Waals surface area contributed by atoms with Crippen LogP contribution in [0.25, 0.3) is 0 Å². The zero-order chi connectivity index (χ0) is 29.4. The molecule has 0 bridgehead atoms. The predicted molar refractivity (Wildman–Crippen MR) is 165 cm³/mol. The van der Waals surface area contributed by atoms with Crippen LogP contribution in [0, 0.1) is 0 Å². The summed E-state index contributed by atoms with van der Waals surface area (Å²) in [5.74, 6) is -0.899. The van der Waals surface area contributed by atoms with Gasteiger partial charge in [0.05, 0.1) is 10.6 Å². The van der Waals surface area contributed by atoms with Crippen molar-refractivity contribution in [3.63, 3.8) is 0 Å². The van der Waals surface area contributed by atoms with Crippen molar-refractivity contribution in [2.75, 3.05) is 17.9 Å². The van der Waals surface area contributed by atoms with E-state index in [-0.39, 0.29) is 23.8 Å². The van der Waals surface area contributed by atoms with Crippen LogP contribution in [-0.2, 0) is 32.6 Å². The Balaban J connectivity index is 1.77. The molecule has 0 saturated carbocycles. The molecule has 2 amide bonds. The zero-order valence-corrected chi connectivity index (χ0v) is 25.4. The van der Waals surface area contributed by atoms with E-state index in [0.717, 1.165) is 19.9 Å². The lowest BCUT2D eigenvalue weighted by Gasteiger charge is -2.33. The van der Waals surface area contributed by atoms with Crippen LogP contribution in [0.3, 0.4) is 0 Å². The molecule has 0 aromatic heterocycles. The van der Waals surface area contributed by atoms with Crippen molar-refractivity contribution in [2.45, 2.75) is 23.9 Å². The molecule has 4 aromatic carbocycles. The predicted octanol–water partition coefficient (Wildman–Crippen LogP) is 5.68. The summed E-state index contributed by atoms with van der Waals surface area (Å²) in [5.41, 5.74) is 1.92. The van der Waals surface area contributed by atoms with E-state index < -0.39 is 28.5 Å². The fourth-order valence-corrected chi connectivity index (χ4v) is 6.19. The van der Waals surface area contributed by atoms with Gasteiger partial charge in [-0.15, -0.1) is 0 Å². The van der Waals surface area contributed by atoms with E-state index >= 15 is 0 Å². The SMILES string of the molecule is CNC(=O)[C@H](Cc1ccccc1)N(Cc1ccc(Cl)cc1)C(=O)CN(c1ccc(Br)cc1)S(=O)(=O)c1ccccc1. The first-order valence-corrected chi connectivity index (χ1v) is 15.4. The molecule has 0 radical (unpaired) electrons. The highest BCUT2D eigenvalue weighted by Gasteiger charge is 2.34. The van der Waals surface area contributed by atoms with Crippen LogP contribution in [0.5, 0.6) is 0 Å². The van der Waals surface area contributed by atoms with Gasteiger partial charge >= 0.3 is 0 Å². The summed E-state index contributed by atoms with van der Waals surface area (Å²) in [6, 6.07) is 30.1. The lowest BCUT2D eigenvalue weighted by atomic mass is 10.0. The van der Waals surface area contributed by atoms with Crippen molar-refractivity contribution in [2.24, 2.45) is 0 Å². The topological polar surface area (TPSA) is 86.8 Å². The Kier molecular flexibility index (Phi) is 10.2. The van der Waals surface area contributed by atoms with E-state index in [4.69, 9.17) is 11.6 Å². The van der Waals surface area contributed by atoms with Gasteiger partial charge in [0.1, 0.15) is 12.6 Å². The Bertz CT molecular complexity index is 1570. The summed E-state index contributed by atoms with van der Waals surface area (Å²) in [7, 11) is -2.62. The van der Waals surface area contributed by atoms with Crippen LogP contribution in [-0.4, -0.2) is 44.8 Å². The van der Waals surface area contributed by atoms with Crippen LogP contribution < -0.4 is 9.62 Å². The van der Waals surface area contributed by atoms with Crippen molar-refractivity contribution in [3.8, 4) is 0 Å². The number of hydrogen-bond donors (Lipinski definition) is 1. The maximum absolute atomic E-state index is 14.2. The first-order chi connectivity index (χ1) is 19.7. The molecule has 0 spiro atoms. The van der Waals surface area contributed by atoms with E-state index in [1.165, 1.54) is 24.1 Å². The van der Waals surface area contributed by atoms with Gasteiger partial charge in [0, 0.05) is 29.5 Å². The number of nitrogens with zero attached hydrogens (tertiary/aromatic N) is 2. The molecule has 0 saturated heterocycles. The normalized spacial score (nSPS) is 11.9. The standard InChI is InChI=1S/C31H29BrClN3O4S/c1-34-31(38)29(20-23-8-4-2-5-9-23)35(21-24-12-16-26(33)17-13-24)30(37)22-36(27-18-14-25(32)15-19-27)41(39,40)28-10-6-3-7-11-28/h2-19,29H,20-22H2,1H3,(H,34,38)/t29-/m0/s1. The fraction of sp³-hybridized carbons (Fsp3) is 0.161. The largest absolute Gasteiger partial charge is 0.357 e. The number of carbonyl (C=O) groups is 2. The molecule has 1 atom stereocenters. The zero-order valence-electron chi connectivity index (χ0n) is 22.3. The minimum Gasteiger partial charge on any atom is -0.357 e. The summed E-state index contributed by atoms with van der Waals surface area (Å²) in [6.07, 6.45) is 0.240. The van der Waals surface area contributed by atoms with Crippen LogP contribution >= 0.6 is 27.5 Å². The van der Waals surface area contributed by atoms with Crippen LogP contribution in [0.1, 0.15) is 11.1 Å². The number of benzene rings is 4. The van der Waals surface area contributed by atoms with Gasteiger partial charge in [0.15, 0.2) is 0 Å². The summed E-state index contributed by atoms with van der Waals surface area (Å²) in [4.78, 5) is 28.9. The lowest BCUT2D eigenvalue weighted by Crippen LogP contribution is -2.53. The highest BCUT2D eigenvalue weighted by atomic mass is 79.9. The average molecular weight is 655 g/mol. The smallest absolute Gasteiger partial charge is 0.264 e. The number of likely N-dealkylation sites (N-methyl/N-ethyl adjacent to an activating group) is 1. The summed E-state index contributed by atoms with van der Waals surface area (Å²) >= 11 is 9.47. The monoisotopic (exact) mass is 653 g/mol. The maximum Gasteiger partial charge on any atom is 0.264 e.